The molecule has 12 heteroatoms. The molecular formula is C8H3Cl2F4N4O2. The Labute approximate surface area is 118 Å². The number of alkyl halides is 4. The Morgan fingerprint density at radius 3 is 2.35 bits per heavy atom. The van der Waals surface area contributed by atoms with E-state index in [4.69, 9.17) is 23.2 Å². The first-order valence-electron chi connectivity index (χ1n) is 4.73. The number of ether oxygens (including phenoxy) is 2. The minimum absolute atomic E-state index is 0.235. The van der Waals surface area contributed by atoms with Gasteiger partial charge in [0.2, 0.25) is 5.88 Å². The lowest BCUT2D eigenvalue weighted by atomic mass is 10.4. The van der Waals surface area contributed by atoms with Crippen molar-refractivity contribution in [3.63, 3.8) is 0 Å². The van der Waals surface area contributed by atoms with E-state index >= 15 is 0 Å². The quantitative estimate of drug-likeness (QED) is 0.628. The van der Waals surface area contributed by atoms with E-state index < -0.39 is 35.9 Å². The van der Waals surface area contributed by atoms with Crippen molar-refractivity contribution in [1.29, 1.82) is 0 Å². The van der Waals surface area contributed by atoms with Gasteiger partial charge in [0.25, 0.3) is 5.90 Å². The fraction of sp³-hybridized carbons (Fsp3) is 0.250. The first-order chi connectivity index (χ1) is 9.38. The van der Waals surface area contributed by atoms with E-state index in [2.05, 4.69) is 25.1 Å². The summed E-state index contributed by atoms with van der Waals surface area (Å²) in [5.74, 6) is -1.25. The normalized spacial score (nSPS) is 14.9. The van der Waals surface area contributed by atoms with Crippen LogP contribution in [0.1, 0.15) is 0 Å². The first kappa shape index (κ1) is 14.7. The Morgan fingerprint density at radius 1 is 1.10 bits per heavy atom. The molecule has 0 saturated carbocycles. The molecule has 0 bridgehead atoms. The average Bonchev–Trinajstić information content (AvgIpc) is 2.81. The fourth-order valence-electron chi connectivity index (χ4n) is 1.29. The highest BCUT2D eigenvalue weighted by Crippen LogP contribution is 2.29. The van der Waals surface area contributed by atoms with Crippen LogP contribution in [0.2, 0.25) is 5.15 Å². The molecule has 0 fully saturated rings. The number of halogens is 6. The molecule has 1 aromatic heterocycles. The van der Waals surface area contributed by atoms with Crippen molar-refractivity contribution in [3.05, 3.63) is 16.4 Å². The lowest BCUT2D eigenvalue weighted by Crippen LogP contribution is -2.17. The molecule has 1 aliphatic rings. The van der Waals surface area contributed by atoms with Crippen LogP contribution in [0.4, 0.5) is 17.6 Å². The molecule has 0 unspecified atom stereocenters. The summed E-state index contributed by atoms with van der Waals surface area (Å²) in [5.41, 5.74) is 2.89. The van der Waals surface area contributed by atoms with Crippen molar-refractivity contribution in [3.8, 4) is 5.88 Å². The van der Waals surface area contributed by atoms with Crippen molar-refractivity contribution in [2.24, 2.45) is 5.10 Å². The molecule has 0 aromatic carbocycles. The van der Waals surface area contributed by atoms with Crippen LogP contribution in [0.15, 0.2) is 16.3 Å². The van der Waals surface area contributed by atoms with Crippen LogP contribution >= 0.6 is 23.2 Å². The van der Waals surface area contributed by atoms with Gasteiger partial charge in [-0.25, -0.2) is 0 Å². The second kappa shape index (κ2) is 5.75. The zero-order chi connectivity index (χ0) is 14.9. The van der Waals surface area contributed by atoms with Crippen LogP contribution in [0, 0.1) is 0 Å². The molecule has 1 aliphatic heterocycles. The molecule has 6 nitrogen and oxygen atoms in total. The molecule has 109 valence electrons. The van der Waals surface area contributed by atoms with E-state index in [0.717, 1.165) is 6.07 Å². The van der Waals surface area contributed by atoms with Crippen molar-refractivity contribution in [1.82, 2.24) is 15.2 Å². The first-order valence-corrected chi connectivity index (χ1v) is 5.48. The summed E-state index contributed by atoms with van der Waals surface area (Å²) < 4.78 is 57.7. The van der Waals surface area contributed by atoms with Gasteiger partial charge in [-0.3, -0.25) is 0 Å². The summed E-state index contributed by atoms with van der Waals surface area (Å²) in [7, 11) is 0. The van der Waals surface area contributed by atoms with Crippen LogP contribution in [0.3, 0.4) is 0 Å². The summed E-state index contributed by atoms with van der Waals surface area (Å²) >= 11 is 11.2. The largest absolute Gasteiger partial charge is 0.417 e. The molecule has 20 heavy (non-hydrogen) atoms. The summed E-state index contributed by atoms with van der Waals surface area (Å²) in [6, 6.07) is 0.934. The molecule has 1 aromatic rings. The van der Waals surface area contributed by atoms with E-state index in [-0.39, 0.29) is 5.15 Å². The standard InChI is InChI=1S/C8H3Cl2F4N4O2/c9-2-1-3(19-7(11)12)18(17-2)4-5(10)15-16-6(4)20-8(13)14/h1,7-8H. The molecule has 2 heterocycles. The predicted octanol–water partition coefficient (Wildman–Crippen LogP) is 2.67. The summed E-state index contributed by atoms with van der Waals surface area (Å²) in [4.78, 5) is 0. The Balaban J connectivity index is 2.39. The van der Waals surface area contributed by atoms with Crippen molar-refractivity contribution in [2.45, 2.75) is 13.2 Å². The molecule has 0 amide bonds. The molecule has 1 radical (unpaired) electrons. The van der Waals surface area contributed by atoms with Gasteiger partial charge < -0.3 is 9.47 Å². The number of rotatable bonds is 4. The third kappa shape index (κ3) is 3.07. The number of hydrogen-bond donors (Lipinski definition) is 0. The maximum atomic E-state index is 12.2. The van der Waals surface area contributed by atoms with E-state index in [1.54, 1.807) is 0 Å². The van der Waals surface area contributed by atoms with Gasteiger partial charge in [-0.1, -0.05) is 23.2 Å². The predicted molar refractivity (Wildman–Crippen MR) is 59.6 cm³/mol. The van der Waals surface area contributed by atoms with Gasteiger partial charge in [0.15, 0.2) is 16.0 Å². The van der Waals surface area contributed by atoms with Crippen LogP contribution in [-0.2, 0) is 4.74 Å². The van der Waals surface area contributed by atoms with Crippen LogP contribution in [0.5, 0.6) is 5.88 Å². The van der Waals surface area contributed by atoms with Crippen molar-refractivity contribution < 1.29 is 27.0 Å². The van der Waals surface area contributed by atoms with E-state index in [1.807, 2.05) is 0 Å². The van der Waals surface area contributed by atoms with E-state index in [9.17, 15) is 17.6 Å². The molecule has 2 rings (SSSR count). The van der Waals surface area contributed by atoms with Gasteiger partial charge in [0, 0.05) is 6.07 Å². The van der Waals surface area contributed by atoms with Gasteiger partial charge in [0.1, 0.15) is 0 Å². The van der Waals surface area contributed by atoms with Crippen molar-refractivity contribution in [2.75, 3.05) is 0 Å². The molecule has 0 N–H and O–H groups in total. The highest BCUT2D eigenvalue weighted by Gasteiger charge is 2.30. The summed E-state index contributed by atoms with van der Waals surface area (Å²) in [6.45, 7) is -6.40. The topological polar surface area (TPSA) is 62.7 Å². The Kier molecular flexibility index (Phi) is 4.23. The van der Waals surface area contributed by atoms with Crippen molar-refractivity contribution >= 4 is 34.8 Å². The van der Waals surface area contributed by atoms with Crippen LogP contribution in [0.25, 0.3) is 5.70 Å². The van der Waals surface area contributed by atoms with E-state index in [1.165, 1.54) is 0 Å². The number of hydrogen-bond acceptors (Lipinski definition) is 4. The lowest BCUT2D eigenvalue weighted by Gasteiger charge is -2.10. The monoisotopic (exact) mass is 333 g/mol. The second-order valence-electron chi connectivity index (χ2n) is 3.12. The Hall–Kier alpha value is -1.68. The highest BCUT2D eigenvalue weighted by atomic mass is 35.5. The highest BCUT2D eigenvalue weighted by molar-refractivity contribution is 6.38. The summed E-state index contributed by atoms with van der Waals surface area (Å²) in [5, 5.41) is 6.16. The van der Waals surface area contributed by atoms with Crippen LogP contribution < -0.4 is 10.2 Å². The molecule has 0 saturated heterocycles. The molecule has 0 aliphatic carbocycles. The molecule has 0 spiro atoms. The number of aromatic nitrogens is 2. The third-order valence-electron chi connectivity index (χ3n) is 1.90. The smallest absolute Gasteiger partial charge is 0.388 e. The minimum atomic E-state index is -3.22. The maximum Gasteiger partial charge on any atom is 0.388 e. The molecule has 0 atom stereocenters. The Morgan fingerprint density at radius 2 is 1.75 bits per heavy atom. The zero-order valence-corrected chi connectivity index (χ0v) is 10.6. The number of nitrogens with zero attached hydrogens (tertiary/aromatic N) is 4. The average molecular weight is 334 g/mol. The minimum Gasteiger partial charge on any atom is -0.417 e. The van der Waals surface area contributed by atoms with Gasteiger partial charge in [-0.05, 0) is 0 Å². The van der Waals surface area contributed by atoms with Gasteiger partial charge in [-0.2, -0.15) is 27.3 Å². The Bertz CT molecular complexity index is 575. The fourth-order valence-corrected chi connectivity index (χ4v) is 1.65. The van der Waals surface area contributed by atoms with Gasteiger partial charge in [-0.15, -0.1) is 10.5 Å². The maximum absolute atomic E-state index is 12.2. The van der Waals surface area contributed by atoms with Crippen LogP contribution in [-0.4, -0.2) is 28.9 Å². The lowest BCUT2D eigenvalue weighted by molar-refractivity contribution is -0.0604. The van der Waals surface area contributed by atoms with Gasteiger partial charge >= 0.3 is 13.2 Å². The third-order valence-corrected chi connectivity index (χ3v) is 2.34. The zero-order valence-electron chi connectivity index (χ0n) is 9.11. The van der Waals surface area contributed by atoms with E-state index in [0.29, 0.717) is 4.68 Å². The second-order valence-corrected chi connectivity index (χ2v) is 3.86. The SMILES string of the molecule is FC(F)OC1=N[N]C(Cl)=C1n1nc(Cl)cc1OC(F)F. The summed E-state index contributed by atoms with van der Waals surface area (Å²) in [6.07, 6.45) is 0. The molecular weight excluding hydrogens is 331 g/mol. The van der Waals surface area contributed by atoms with Gasteiger partial charge in [0.05, 0.1) is 0 Å².